The highest BCUT2D eigenvalue weighted by Gasteiger charge is 1.72. The minimum absolute atomic E-state index is 0.167. The summed E-state index contributed by atoms with van der Waals surface area (Å²) in [4.78, 5) is 0. The molecule has 0 saturated carbocycles. The highest BCUT2D eigenvalue weighted by molar-refractivity contribution is 7.22. The molecule has 10 heavy (non-hydrogen) atoms. The molecule has 1 aromatic carbocycles. The van der Waals surface area contributed by atoms with Gasteiger partial charge in [0, 0.05) is 12.4 Å². The van der Waals surface area contributed by atoms with Crippen molar-refractivity contribution in [1.82, 2.24) is 0 Å². The number of hydrogen-bond acceptors (Lipinski definition) is 2. The van der Waals surface area contributed by atoms with Crippen LogP contribution in [0.2, 0.25) is 0 Å². The molecule has 0 aliphatic carbocycles. The van der Waals surface area contributed by atoms with Gasteiger partial charge in [0.2, 0.25) is 0 Å². The van der Waals surface area contributed by atoms with E-state index in [1.54, 1.807) is 6.66 Å². The fraction of sp³-hybridized carbons (Fsp3) is 0.143. The van der Waals surface area contributed by atoms with E-state index in [2.05, 4.69) is 0 Å². The van der Waals surface area contributed by atoms with Gasteiger partial charge >= 0.3 is 0 Å². The minimum Gasteiger partial charge on any atom is -0.399 e. The molecule has 0 unspecified atom stereocenters. The van der Waals surface area contributed by atoms with Gasteiger partial charge in [-0.1, -0.05) is 18.2 Å². The number of nitrogen functional groups attached to an aromatic ring is 1. The van der Waals surface area contributed by atoms with Gasteiger partial charge in [-0.15, -0.1) is 0 Å². The van der Waals surface area contributed by atoms with E-state index < -0.39 is 0 Å². The van der Waals surface area contributed by atoms with E-state index in [4.69, 9.17) is 10.3 Å². The van der Waals surface area contributed by atoms with Crippen LogP contribution < -0.4 is 5.73 Å². The molecule has 2 nitrogen and oxygen atoms in total. The zero-order valence-corrected chi connectivity index (χ0v) is 6.71. The summed E-state index contributed by atoms with van der Waals surface area (Å²) in [6.45, 7) is 1.54. The van der Waals surface area contributed by atoms with Crippen molar-refractivity contribution in [2.75, 3.05) is 12.4 Å². The van der Waals surface area contributed by atoms with Crippen molar-refractivity contribution in [3.8, 4) is 0 Å². The predicted octanol–water partition coefficient (Wildman–Crippen LogP) is 2.18. The molecule has 1 aromatic rings. The fourth-order valence-electron chi connectivity index (χ4n) is 0.453. The van der Waals surface area contributed by atoms with Crippen LogP contribution in [0.1, 0.15) is 0 Å². The van der Waals surface area contributed by atoms with Crippen molar-refractivity contribution in [1.29, 1.82) is 0 Å². The van der Waals surface area contributed by atoms with Gasteiger partial charge in [-0.3, -0.25) is 4.57 Å². The first-order valence-corrected chi connectivity index (χ1v) is 4.09. The first-order chi connectivity index (χ1) is 4.81. The maximum absolute atomic E-state index is 8.90. The topological polar surface area (TPSA) is 43.1 Å². The zero-order valence-electron chi connectivity index (χ0n) is 5.82. The Morgan fingerprint density at radius 1 is 1.30 bits per heavy atom. The second kappa shape index (κ2) is 6.24. The Kier molecular flexibility index (Phi) is 5.69. The summed E-state index contributed by atoms with van der Waals surface area (Å²) in [7, 11) is 0.167. The normalized spacial score (nSPS) is 8.10. The first kappa shape index (κ1) is 9.12. The Balaban J connectivity index is 0.000000236. The number of rotatable bonds is 0. The summed E-state index contributed by atoms with van der Waals surface area (Å²) in [6.07, 6.45) is 0. The van der Waals surface area contributed by atoms with Gasteiger partial charge in [-0.2, -0.15) is 0 Å². The van der Waals surface area contributed by atoms with Crippen molar-refractivity contribution in [2.24, 2.45) is 0 Å². The van der Waals surface area contributed by atoms with Gasteiger partial charge in [-0.05, 0) is 12.1 Å². The third-order valence-electron chi connectivity index (χ3n) is 0.800. The molecule has 54 valence electrons. The molecule has 0 aliphatic rings. The van der Waals surface area contributed by atoms with Gasteiger partial charge in [0.05, 0.1) is 0 Å². The predicted molar refractivity (Wildman–Crippen MR) is 44.4 cm³/mol. The SMILES string of the molecule is CP=O.Nc1ccccc1. The van der Waals surface area contributed by atoms with Gasteiger partial charge in [0.15, 0.2) is 8.46 Å². The Bertz CT molecular complexity index is 176. The van der Waals surface area contributed by atoms with E-state index in [-0.39, 0.29) is 8.46 Å². The van der Waals surface area contributed by atoms with Gasteiger partial charge in [0.25, 0.3) is 0 Å². The number of para-hydroxylation sites is 1. The summed E-state index contributed by atoms with van der Waals surface area (Å²) < 4.78 is 8.90. The van der Waals surface area contributed by atoms with E-state index in [1.165, 1.54) is 0 Å². The Hall–Kier alpha value is -0.880. The smallest absolute Gasteiger partial charge is 0.151 e. The van der Waals surface area contributed by atoms with Gasteiger partial charge in [-0.25, -0.2) is 0 Å². The standard InChI is InChI=1S/C6H7N.CH3OP/c7-6-4-2-1-3-5-6;1-3-2/h1-5H,7H2;1H3. The van der Waals surface area contributed by atoms with E-state index in [1.807, 2.05) is 30.3 Å². The van der Waals surface area contributed by atoms with Crippen LogP contribution in [0.5, 0.6) is 0 Å². The second-order valence-electron chi connectivity index (χ2n) is 1.59. The van der Waals surface area contributed by atoms with E-state index in [0.29, 0.717) is 0 Å². The molecule has 0 spiro atoms. The van der Waals surface area contributed by atoms with Crippen LogP contribution in [-0.2, 0) is 4.57 Å². The molecule has 1 rings (SSSR count). The highest BCUT2D eigenvalue weighted by atomic mass is 31.1. The van der Waals surface area contributed by atoms with Crippen LogP contribution in [0.4, 0.5) is 5.69 Å². The van der Waals surface area contributed by atoms with Crippen LogP contribution in [0.25, 0.3) is 0 Å². The van der Waals surface area contributed by atoms with Gasteiger partial charge < -0.3 is 5.73 Å². The third kappa shape index (κ3) is 5.26. The number of anilines is 1. The monoisotopic (exact) mass is 155 g/mol. The van der Waals surface area contributed by atoms with Crippen LogP contribution >= 0.6 is 8.46 Å². The molecular weight excluding hydrogens is 145 g/mol. The average Bonchev–Trinajstić information content (AvgIpc) is 1.91. The third-order valence-corrected chi connectivity index (χ3v) is 0.800. The van der Waals surface area contributed by atoms with Crippen LogP contribution in [0, 0.1) is 0 Å². The summed E-state index contributed by atoms with van der Waals surface area (Å²) in [6, 6.07) is 9.49. The van der Waals surface area contributed by atoms with Crippen LogP contribution in [0.3, 0.4) is 0 Å². The van der Waals surface area contributed by atoms with E-state index in [9.17, 15) is 0 Å². The second-order valence-corrected chi connectivity index (χ2v) is 1.96. The first-order valence-electron chi connectivity index (χ1n) is 2.83. The van der Waals surface area contributed by atoms with Crippen molar-refractivity contribution in [2.45, 2.75) is 0 Å². The summed E-state index contributed by atoms with van der Waals surface area (Å²) >= 11 is 0. The van der Waals surface area contributed by atoms with Crippen molar-refractivity contribution < 1.29 is 4.57 Å². The molecule has 0 amide bonds. The quantitative estimate of drug-likeness (QED) is 0.461. The van der Waals surface area contributed by atoms with Crippen LogP contribution in [0.15, 0.2) is 30.3 Å². The molecule has 3 heteroatoms. The molecular formula is C7H10NOP. The Labute approximate surface area is 62.3 Å². The average molecular weight is 155 g/mol. The van der Waals surface area contributed by atoms with Gasteiger partial charge in [0.1, 0.15) is 0 Å². The van der Waals surface area contributed by atoms with E-state index in [0.717, 1.165) is 5.69 Å². The molecule has 0 aliphatic heterocycles. The molecule has 0 radical (unpaired) electrons. The molecule has 0 atom stereocenters. The lowest BCUT2D eigenvalue weighted by Gasteiger charge is -1.83. The number of benzene rings is 1. The molecule has 0 aromatic heterocycles. The number of hydrogen-bond donors (Lipinski definition) is 1. The van der Waals surface area contributed by atoms with E-state index >= 15 is 0 Å². The lowest BCUT2D eigenvalue weighted by molar-refractivity contribution is 0.601. The largest absolute Gasteiger partial charge is 0.399 e. The summed E-state index contributed by atoms with van der Waals surface area (Å²) in [5.41, 5.74) is 6.18. The van der Waals surface area contributed by atoms with Crippen LogP contribution in [-0.4, -0.2) is 6.66 Å². The summed E-state index contributed by atoms with van der Waals surface area (Å²) in [5.74, 6) is 0. The number of nitrogens with two attached hydrogens (primary N) is 1. The maximum Gasteiger partial charge on any atom is 0.151 e. The molecule has 0 bridgehead atoms. The summed E-state index contributed by atoms with van der Waals surface area (Å²) in [5, 5.41) is 0. The lowest BCUT2D eigenvalue weighted by atomic mass is 10.3. The van der Waals surface area contributed by atoms with Crippen molar-refractivity contribution in [3.63, 3.8) is 0 Å². The Morgan fingerprint density at radius 2 is 1.70 bits per heavy atom. The Morgan fingerprint density at radius 3 is 1.90 bits per heavy atom. The molecule has 0 fully saturated rings. The zero-order chi connectivity index (χ0) is 7.82. The van der Waals surface area contributed by atoms with Crippen molar-refractivity contribution >= 4 is 14.1 Å². The fourth-order valence-corrected chi connectivity index (χ4v) is 0.453. The molecule has 0 heterocycles. The van der Waals surface area contributed by atoms with Crippen molar-refractivity contribution in [3.05, 3.63) is 30.3 Å². The minimum atomic E-state index is 0.167. The lowest BCUT2D eigenvalue weighted by Crippen LogP contribution is -1.79. The highest BCUT2D eigenvalue weighted by Crippen LogP contribution is 1.95. The molecule has 0 saturated heterocycles. The molecule has 2 N–H and O–H groups in total. The maximum atomic E-state index is 8.90.